The van der Waals surface area contributed by atoms with Crippen LogP contribution in [0.5, 0.6) is 0 Å². The molecule has 0 radical (unpaired) electrons. The van der Waals surface area contributed by atoms with E-state index in [0.717, 1.165) is 30.2 Å². The molecule has 4 nitrogen and oxygen atoms in total. The van der Waals surface area contributed by atoms with Crippen LogP contribution in [0.3, 0.4) is 0 Å². The monoisotopic (exact) mass is 240 g/mol. The summed E-state index contributed by atoms with van der Waals surface area (Å²) < 4.78 is 4.73. The standard InChI is InChI=1S/C11H16N2O2S/c1-7-9(11(14)15-2)16-10(13-7)8-4-3-5-12-6-8/h8,12H,3-6H2,1-2H3/t8-/m0/s1. The molecular formula is C11H16N2O2S. The van der Waals surface area contributed by atoms with Crippen LogP contribution < -0.4 is 5.32 Å². The molecule has 0 saturated carbocycles. The molecule has 5 heteroatoms. The Kier molecular flexibility index (Phi) is 3.56. The summed E-state index contributed by atoms with van der Waals surface area (Å²) in [5, 5.41) is 4.42. The average Bonchev–Trinajstić information content (AvgIpc) is 2.71. The molecule has 16 heavy (non-hydrogen) atoms. The van der Waals surface area contributed by atoms with Gasteiger partial charge in [0.15, 0.2) is 0 Å². The van der Waals surface area contributed by atoms with Crippen LogP contribution in [-0.2, 0) is 4.74 Å². The molecule has 0 aromatic carbocycles. The molecule has 2 heterocycles. The molecule has 1 aliphatic rings. The van der Waals surface area contributed by atoms with Gasteiger partial charge in [-0.05, 0) is 26.3 Å². The van der Waals surface area contributed by atoms with Crippen molar-refractivity contribution in [2.75, 3.05) is 20.2 Å². The molecule has 1 aliphatic heterocycles. The minimum atomic E-state index is -0.273. The fourth-order valence-corrected chi connectivity index (χ4v) is 3.06. The number of carbonyl (C=O) groups excluding carboxylic acids is 1. The number of methoxy groups -OCH3 is 1. The number of aryl methyl sites for hydroxylation is 1. The summed E-state index contributed by atoms with van der Waals surface area (Å²) in [6.07, 6.45) is 2.33. The van der Waals surface area contributed by atoms with E-state index in [-0.39, 0.29) is 5.97 Å². The first kappa shape index (κ1) is 11.5. The summed E-state index contributed by atoms with van der Waals surface area (Å²) in [6.45, 7) is 3.92. The molecule has 1 fully saturated rings. The van der Waals surface area contributed by atoms with Crippen molar-refractivity contribution in [3.63, 3.8) is 0 Å². The van der Waals surface area contributed by atoms with Gasteiger partial charge in [-0.25, -0.2) is 9.78 Å². The summed E-state index contributed by atoms with van der Waals surface area (Å²) in [7, 11) is 1.41. The molecule has 1 aromatic heterocycles. The number of ether oxygens (including phenoxy) is 1. The van der Waals surface area contributed by atoms with Gasteiger partial charge in [0.2, 0.25) is 0 Å². The van der Waals surface area contributed by atoms with Gasteiger partial charge >= 0.3 is 5.97 Å². The van der Waals surface area contributed by atoms with Crippen LogP contribution in [-0.4, -0.2) is 31.2 Å². The molecule has 0 unspecified atom stereocenters. The van der Waals surface area contributed by atoms with E-state index in [9.17, 15) is 4.79 Å². The minimum Gasteiger partial charge on any atom is -0.465 e. The third-order valence-electron chi connectivity index (χ3n) is 2.83. The Labute approximate surface area is 99.0 Å². The highest BCUT2D eigenvalue weighted by Crippen LogP contribution is 2.29. The maximum Gasteiger partial charge on any atom is 0.349 e. The summed E-state index contributed by atoms with van der Waals surface area (Å²) >= 11 is 1.47. The SMILES string of the molecule is COC(=O)c1sc([C@H]2CCCNC2)nc1C. The van der Waals surface area contributed by atoms with E-state index < -0.39 is 0 Å². The Hall–Kier alpha value is -0.940. The first-order chi connectivity index (χ1) is 7.72. The van der Waals surface area contributed by atoms with Gasteiger partial charge in [-0.15, -0.1) is 11.3 Å². The summed E-state index contributed by atoms with van der Waals surface area (Å²) in [5.74, 6) is 0.181. The molecule has 1 saturated heterocycles. The number of aromatic nitrogens is 1. The van der Waals surface area contributed by atoms with E-state index in [0.29, 0.717) is 10.8 Å². The topological polar surface area (TPSA) is 51.2 Å². The number of esters is 1. The Morgan fingerprint density at radius 1 is 1.62 bits per heavy atom. The Bertz CT molecular complexity index is 383. The highest BCUT2D eigenvalue weighted by Gasteiger charge is 2.22. The van der Waals surface area contributed by atoms with Gasteiger partial charge < -0.3 is 10.1 Å². The van der Waals surface area contributed by atoms with Crippen LogP contribution in [0.25, 0.3) is 0 Å². The number of hydrogen-bond donors (Lipinski definition) is 1. The van der Waals surface area contributed by atoms with Gasteiger partial charge in [0.05, 0.1) is 17.8 Å². The third kappa shape index (κ3) is 2.25. The summed E-state index contributed by atoms with van der Waals surface area (Å²) in [6, 6.07) is 0. The number of piperidine rings is 1. The first-order valence-corrected chi connectivity index (χ1v) is 6.30. The lowest BCUT2D eigenvalue weighted by Crippen LogP contribution is -2.28. The largest absolute Gasteiger partial charge is 0.465 e. The zero-order valence-corrected chi connectivity index (χ0v) is 10.4. The second-order valence-corrected chi connectivity index (χ2v) is 5.03. The van der Waals surface area contributed by atoms with Crippen molar-refractivity contribution in [1.29, 1.82) is 0 Å². The Balaban J connectivity index is 2.19. The number of hydrogen-bond acceptors (Lipinski definition) is 5. The van der Waals surface area contributed by atoms with Crippen LogP contribution in [0, 0.1) is 6.92 Å². The van der Waals surface area contributed by atoms with Crippen molar-refractivity contribution in [3.8, 4) is 0 Å². The smallest absolute Gasteiger partial charge is 0.349 e. The molecular weight excluding hydrogens is 224 g/mol. The Morgan fingerprint density at radius 2 is 2.44 bits per heavy atom. The zero-order chi connectivity index (χ0) is 11.5. The van der Waals surface area contributed by atoms with Gasteiger partial charge in [-0.3, -0.25) is 0 Å². The van der Waals surface area contributed by atoms with E-state index in [1.807, 2.05) is 6.92 Å². The number of thiazole rings is 1. The van der Waals surface area contributed by atoms with Crippen molar-refractivity contribution in [1.82, 2.24) is 10.3 Å². The first-order valence-electron chi connectivity index (χ1n) is 5.48. The van der Waals surface area contributed by atoms with Crippen LogP contribution >= 0.6 is 11.3 Å². The summed E-state index contributed by atoms with van der Waals surface area (Å²) in [4.78, 5) is 16.6. The highest BCUT2D eigenvalue weighted by atomic mass is 32.1. The van der Waals surface area contributed by atoms with Gasteiger partial charge in [0.1, 0.15) is 4.88 Å². The fourth-order valence-electron chi connectivity index (χ4n) is 1.94. The molecule has 0 aliphatic carbocycles. The molecule has 0 spiro atoms. The van der Waals surface area contributed by atoms with E-state index in [1.165, 1.54) is 24.9 Å². The number of carbonyl (C=O) groups is 1. The van der Waals surface area contributed by atoms with Crippen LogP contribution in [0.1, 0.15) is 39.1 Å². The quantitative estimate of drug-likeness (QED) is 0.799. The molecule has 88 valence electrons. The van der Waals surface area contributed by atoms with Crippen molar-refractivity contribution < 1.29 is 9.53 Å². The number of nitrogens with one attached hydrogen (secondary N) is 1. The van der Waals surface area contributed by atoms with Crippen molar-refractivity contribution in [2.24, 2.45) is 0 Å². The minimum absolute atomic E-state index is 0.273. The second kappa shape index (κ2) is 4.93. The predicted octanol–water partition coefficient (Wildman–Crippen LogP) is 1.71. The zero-order valence-electron chi connectivity index (χ0n) is 9.58. The molecule has 1 N–H and O–H groups in total. The van der Waals surface area contributed by atoms with Crippen LogP contribution in [0.4, 0.5) is 0 Å². The molecule has 0 bridgehead atoms. The van der Waals surface area contributed by atoms with Gasteiger partial charge in [-0.2, -0.15) is 0 Å². The molecule has 1 atom stereocenters. The molecule has 2 rings (SSSR count). The van der Waals surface area contributed by atoms with E-state index in [4.69, 9.17) is 4.74 Å². The number of nitrogens with zero attached hydrogens (tertiary/aromatic N) is 1. The second-order valence-electron chi connectivity index (χ2n) is 4.00. The van der Waals surface area contributed by atoms with E-state index >= 15 is 0 Å². The van der Waals surface area contributed by atoms with E-state index in [2.05, 4.69) is 10.3 Å². The predicted molar refractivity (Wildman–Crippen MR) is 63.0 cm³/mol. The third-order valence-corrected chi connectivity index (χ3v) is 4.13. The fraction of sp³-hybridized carbons (Fsp3) is 0.636. The summed E-state index contributed by atoms with van der Waals surface area (Å²) in [5.41, 5.74) is 0.789. The van der Waals surface area contributed by atoms with Gasteiger partial charge in [0, 0.05) is 12.5 Å². The van der Waals surface area contributed by atoms with Crippen LogP contribution in [0.15, 0.2) is 0 Å². The lowest BCUT2D eigenvalue weighted by atomic mass is 10.0. The lowest BCUT2D eigenvalue weighted by molar-refractivity contribution is 0.0605. The molecule has 0 amide bonds. The van der Waals surface area contributed by atoms with Crippen molar-refractivity contribution in [2.45, 2.75) is 25.7 Å². The van der Waals surface area contributed by atoms with Gasteiger partial charge in [-0.1, -0.05) is 0 Å². The van der Waals surface area contributed by atoms with Crippen molar-refractivity contribution >= 4 is 17.3 Å². The highest BCUT2D eigenvalue weighted by molar-refractivity contribution is 7.13. The van der Waals surface area contributed by atoms with Gasteiger partial charge in [0.25, 0.3) is 0 Å². The Morgan fingerprint density at radius 3 is 3.06 bits per heavy atom. The maximum atomic E-state index is 11.5. The van der Waals surface area contributed by atoms with E-state index in [1.54, 1.807) is 0 Å². The maximum absolute atomic E-state index is 11.5. The number of rotatable bonds is 2. The lowest BCUT2D eigenvalue weighted by Gasteiger charge is -2.20. The normalized spacial score (nSPS) is 20.8. The van der Waals surface area contributed by atoms with Crippen molar-refractivity contribution in [3.05, 3.63) is 15.6 Å². The molecule has 1 aromatic rings. The van der Waals surface area contributed by atoms with Crippen LogP contribution in [0.2, 0.25) is 0 Å². The average molecular weight is 240 g/mol.